The maximum atomic E-state index is 13.2. The highest BCUT2D eigenvalue weighted by Crippen LogP contribution is 2.29. The van der Waals surface area contributed by atoms with Gasteiger partial charge in [-0.1, -0.05) is 18.2 Å². The summed E-state index contributed by atoms with van der Waals surface area (Å²) >= 11 is 1.23. The lowest BCUT2D eigenvalue weighted by Gasteiger charge is -2.45. The highest BCUT2D eigenvalue weighted by Gasteiger charge is 2.37. The average Bonchev–Trinajstić information content (AvgIpc) is 3.32. The highest BCUT2D eigenvalue weighted by molar-refractivity contribution is 7.91. The molecule has 0 saturated carbocycles. The molecule has 0 bridgehead atoms. The molecule has 2 aliphatic rings. The predicted molar refractivity (Wildman–Crippen MR) is 130 cm³/mol. The molecule has 1 aromatic carbocycles. The lowest BCUT2D eigenvalue weighted by Crippen LogP contribution is -2.62. The lowest BCUT2D eigenvalue weighted by atomic mass is 9.98. The Morgan fingerprint density at radius 1 is 1.18 bits per heavy atom. The Hall–Kier alpha value is -1.98. The summed E-state index contributed by atoms with van der Waals surface area (Å²) in [6.45, 7) is 8.33. The largest absolute Gasteiger partial charge is 0.386 e. The van der Waals surface area contributed by atoms with Gasteiger partial charge < -0.3 is 15.3 Å². The standard InChI is InChI=1S/C23H32N4O4S2/c1-17-13-24-21(28)16-25(17)14-20-15-26(33(30,31)22-5-4-12-32-22)10-11-27(20)19-8-6-18(7-9-19)23(2,3)29/h4-9,12,17,20,29H,10-11,13-16H2,1-3H3,(H,24,28)/t17?,20-/m0/s1. The van der Waals surface area contributed by atoms with Crippen LogP contribution in [0.3, 0.4) is 0 Å². The number of rotatable bonds is 6. The minimum atomic E-state index is -3.55. The normalized spacial score (nSPS) is 23.5. The van der Waals surface area contributed by atoms with Gasteiger partial charge in [0.25, 0.3) is 10.0 Å². The SMILES string of the molecule is CC1CNC(=O)CN1C[C@H]1CN(S(=O)(=O)c2cccs2)CCN1c1ccc(C(C)(C)O)cc1. The molecule has 2 aromatic rings. The first-order chi connectivity index (χ1) is 15.6. The Kier molecular flexibility index (Phi) is 6.84. The minimum absolute atomic E-state index is 0.00643. The number of aliphatic hydroxyl groups is 1. The molecule has 3 heterocycles. The van der Waals surface area contributed by atoms with Crippen molar-refractivity contribution >= 4 is 33.0 Å². The topological polar surface area (TPSA) is 93.2 Å². The van der Waals surface area contributed by atoms with Gasteiger partial charge in [0.1, 0.15) is 4.21 Å². The van der Waals surface area contributed by atoms with E-state index in [1.807, 2.05) is 24.3 Å². The maximum absolute atomic E-state index is 13.2. The zero-order valence-electron chi connectivity index (χ0n) is 19.3. The van der Waals surface area contributed by atoms with Gasteiger partial charge in [0, 0.05) is 44.5 Å². The van der Waals surface area contributed by atoms with Crippen LogP contribution in [-0.2, 0) is 20.4 Å². The fourth-order valence-corrected chi connectivity index (χ4v) is 7.05. The van der Waals surface area contributed by atoms with E-state index in [1.165, 1.54) is 11.3 Å². The summed E-state index contributed by atoms with van der Waals surface area (Å²) < 4.78 is 28.4. The van der Waals surface area contributed by atoms with Crippen LogP contribution in [-0.4, -0.2) is 80.0 Å². The summed E-state index contributed by atoms with van der Waals surface area (Å²) in [7, 11) is -3.55. The van der Waals surface area contributed by atoms with E-state index in [0.29, 0.717) is 43.5 Å². The van der Waals surface area contributed by atoms with Gasteiger partial charge in [-0.25, -0.2) is 8.42 Å². The third kappa shape index (κ3) is 5.25. The van der Waals surface area contributed by atoms with Gasteiger partial charge in [-0.2, -0.15) is 4.31 Å². The van der Waals surface area contributed by atoms with Crippen molar-refractivity contribution in [1.82, 2.24) is 14.5 Å². The molecule has 180 valence electrons. The zero-order chi connectivity index (χ0) is 23.8. The van der Waals surface area contributed by atoms with Crippen LogP contribution in [0.25, 0.3) is 0 Å². The van der Waals surface area contributed by atoms with E-state index in [9.17, 15) is 18.3 Å². The van der Waals surface area contributed by atoms with Crippen molar-refractivity contribution in [2.45, 2.75) is 42.7 Å². The molecule has 33 heavy (non-hydrogen) atoms. The minimum Gasteiger partial charge on any atom is -0.386 e. The quantitative estimate of drug-likeness (QED) is 0.637. The number of benzene rings is 1. The van der Waals surface area contributed by atoms with Crippen molar-refractivity contribution < 1.29 is 18.3 Å². The predicted octanol–water partition coefficient (Wildman–Crippen LogP) is 1.68. The van der Waals surface area contributed by atoms with Crippen LogP contribution in [0.5, 0.6) is 0 Å². The molecule has 4 rings (SSSR count). The van der Waals surface area contributed by atoms with Crippen molar-refractivity contribution in [3.8, 4) is 0 Å². The monoisotopic (exact) mass is 492 g/mol. The van der Waals surface area contributed by atoms with Gasteiger partial charge in [-0.05, 0) is 49.9 Å². The number of anilines is 1. The van der Waals surface area contributed by atoms with Crippen LogP contribution < -0.4 is 10.2 Å². The van der Waals surface area contributed by atoms with Gasteiger partial charge in [0.15, 0.2) is 0 Å². The first-order valence-corrected chi connectivity index (χ1v) is 13.5. The molecule has 2 saturated heterocycles. The first-order valence-electron chi connectivity index (χ1n) is 11.2. The molecular weight excluding hydrogens is 460 g/mol. The van der Waals surface area contributed by atoms with Gasteiger partial charge in [0.2, 0.25) is 5.91 Å². The second kappa shape index (κ2) is 9.34. The van der Waals surface area contributed by atoms with Crippen molar-refractivity contribution in [3.05, 3.63) is 47.3 Å². The molecule has 0 aliphatic carbocycles. The number of amides is 1. The fraction of sp³-hybridized carbons (Fsp3) is 0.522. The maximum Gasteiger partial charge on any atom is 0.252 e. The van der Waals surface area contributed by atoms with E-state index in [-0.39, 0.29) is 18.0 Å². The smallest absolute Gasteiger partial charge is 0.252 e. The summed E-state index contributed by atoms with van der Waals surface area (Å²) in [6, 6.07) is 11.3. The Morgan fingerprint density at radius 2 is 1.91 bits per heavy atom. The molecular formula is C23H32N4O4S2. The van der Waals surface area contributed by atoms with Crippen molar-refractivity contribution in [1.29, 1.82) is 0 Å². The van der Waals surface area contributed by atoms with Gasteiger partial charge >= 0.3 is 0 Å². The van der Waals surface area contributed by atoms with Gasteiger partial charge in [-0.3, -0.25) is 9.69 Å². The third-order valence-corrected chi connectivity index (χ3v) is 9.69. The number of carbonyl (C=O) groups excluding carboxylic acids is 1. The van der Waals surface area contributed by atoms with E-state index in [1.54, 1.807) is 35.7 Å². The fourth-order valence-electron chi connectivity index (χ4n) is 4.44. The van der Waals surface area contributed by atoms with Gasteiger partial charge in [0.05, 0.1) is 18.2 Å². The number of nitrogens with one attached hydrogen (secondary N) is 1. The lowest BCUT2D eigenvalue weighted by molar-refractivity contribution is -0.125. The molecule has 2 N–H and O–H groups in total. The Bertz CT molecular complexity index is 1060. The van der Waals surface area contributed by atoms with Crippen LogP contribution in [0.15, 0.2) is 46.0 Å². The Labute approximate surface area is 199 Å². The van der Waals surface area contributed by atoms with Crippen molar-refractivity contribution in [2.24, 2.45) is 0 Å². The van der Waals surface area contributed by atoms with Gasteiger partial charge in [-0.15, -0.1) is 11.3 Å². The van der Waals surface area contributed by atoms with Crippen LogP contribution in [0.4, 0.5) is 5.69 Å². The number of carbonyl (C=O) groups is 1. The van der Waals surface area contributed by atoms with E-state index in [0.717, 1.165) is 11.3 Å². The molecule has 1 unspecified atom stereocenters. The molecule has 2 aliphatic heterocycles. The molecule has 1 aromatic heterocycles. The summed E-state index contributed by atoms with van der Waals surface area (Å²) in [5, 5.41) is 15.0. The van der Waals surface area contributed by atoms with Crippen LogP contribution in [0, 0.1) is 0 Å². The van der Waals surface area contributed by atoms with E-state index >= 15 is 0 Å². The van der Waals surface area contributed by atoms with Crippen molar-refractivity contribution in [2.75, 3.05) is 44.2 Å². The first kappa shape index (κ1) is 24.2. The number of sulfonamides is 1. The summed E-state index contributed by atoms with van der Waals surface area (Å²) in [6.07, 6.45) is 0. The highest BCUT2D eigenvalue weighted by atomic mass is 32.2. The molecule has 10 heteroatoms. The second-order valence-electron chi connectivity index (χ2n) is 9.33. The van der Waals surface area contributed by atoms with E-state index in [2.05, 4.69) is 22.0 Å². The number of thiophene rings is 1. The number of piperazine rings is 2. The Morgan fingerprint density at radius 3 is 2.55 bits per heavy atom. The third-order valence-electron chi connectivity index (χ3n) is 6.45. The van der Waals surface area contributed by atoms with Crippen LogP contribution in [0.2, 0.25) is 0 Å². The Balaban J connectivity index is 1.60. The number of hydrogen-bond acceptors (Lipinski definition) is 7. The van der Waals surface area contributed by atoms with E-state index < -0.39 is 15.6 Å². The van der Waals surface area contributed by atoms with Crippen LogP contribution >= 0.6 is 11.3 Å². The molecule has 2 fully saturated rings. The molecule has 0 radical (unpaired) electrons. The second-order valence-corrected chi connectivity index (χ2v) is 12.4. The number of nitrogens with zero attached hydrogens (tertiary/aromatic N) is 3. The zero-order valence-corrected chi connectivity index (χ0v) is 20.9. The summed E-state index contributed by atoms with van der Waals surface area (Å²) in [5.41, 5.74) is 0.875. The molecule has 8 nitrogen and oxygen atoms in total. The average molecular weight is 493 g/mol. The molecule has 0 spiro atoms. The molecule has 2 atom stereocenters. The molecule has 1 amide bonds. The summed E-state index contributed by atoms with van der Waals surface area (Å²) in [5.74, 6) is -0.00643. The summed E-state index contributed by atoms with van der Waals surface area (Å²) in [4.78, 5) is 16.4. The number of hydrogen-bond donors (Lipinski definition) is 2. The van der Waals surface area contributed by atoms with Crippen LogP contribution in [0.1, 0.15) is 26.3 Å². The van der Waals surface area contributed by atoms with E-state index in [4.69, 9.17) is 0 Å². The van der Waals surface area contributed by atoms with Crippen molar-refractivity contribution in [3.63, 3.8) is 0 Å².